The zero-order valence-corrected chi connectivity index (χ0v) is 14.3. The molecule has 0 saturated carbocycles. The highest BCUT2D eigenvalue weighted by atomic mass is 16.5. The molecule has 0 radical (unpaired) electrons. The first-order valence-corrected chi connectivity index (χ1v) is 7.94. The fourth-order valence-corrected chi connectivity index (χ4v) is 2.70. The third-order valence-corrected chi connectivity index (χ3v) is 3.99. The van der Waals surface area contributed by atoms with E-state index >= 15 is 0 Å². The molecule has 0 amide bonds. The van der Waals surface area contributed by atoms with Crippen LogP contribution in [0.15, 0.2) is 51.9 Å². The lowest BCUT2D eigenvalue weighted by Crippen LogP contribution is -2.08. The van der Waals surface area contributed by atoms with E-state index in [9.17, 15) is 9.59 Å². The summed E-state index contributed by atoms with van der Waals surface area (Å²) in [5, 5.41) is 0.459. The number of benzene rings is 2. The number of aryl methyl sites for hydroxylation is 1. The molecular formula is C20H18O5. The lowest BCUT2D eigenvalue weighted by Gasteiger charge is -2.10. The number of fused-ring (bicyclic) bond motifs is 1. The molecule has 0 N–H and O–H groups in total. The van der Waals surface area contributed by atoms with Crippen LogP contribution in [-0.2, 0) is 11.2 Å². The van der Waals surface area contributed by atoms with Crippen molar-refractivity contribution in [2.24, 2.45) is 0 Å². The van der Waals surface area contributed by atoms with Gasteiger partial charge in [-0.05, 0) is 35.7 Å². The van der Waals surface area contributed by atoms with Gasteiger partial charge in [-0.15, -0.1) is 0 Å². The van der Waals surface area contributed by atoms with E-state index in [1.165, 1.54) is 13.2 Å². The third kappa shape index (κ3) is 3.26. The zero-order chi connectivity index (χ0) is 18.0. The Hall–Kier alpha value is -3.08. The minimum Gasteiger partial charge on any atom is -0.497 e. The molecule has 3 rings (SSSR count). The largest absolute Gasteiger partial charge is 0.497 e. The molecule has 0 spiro atoms. The summed E-state index contributed by atoms with van der Waals surface area (Å²) in [6.07, 6.45) is 2.06. The number of esters is 1. The molecule has 1 aromatic heterocycles. The Balaban J connectivity index is 2.15. The first kappa shape index (κ1) is 16.8. The van der Waals surface area contributed by atoms with Crippen molar-refractivity contribution in [1.82, 2.24) is 0 Å². The molecule has 1 heterocycles. The molecule has 5 nitrogen and oxygen atoms in total. The van der Waals surface area contributed by atoms with Crippen LogP contribution < -0.4 is 14.9 Å². The topological polar surface area (TPSA) is 65.7 Å². The minimum atomic E-state index is -0.411. The van der Waals surface area contributed by atoms with E-state index < -0.39 is 5.97 Å². The second kappa shape index (κ2) is 6.81. The molecule has 128 valence electrons. The molecule has 0 bridgehead atoms. The second-order valence-corrected chi connectivity index (χ2v) is 5.61. The molecule has 0 aliphatic heterocycles. The highest BCUT2D eigenvalue weighted by Gasteiger charge is 2.14. The number of rotatable bonds is 4. The summed E-state index contributed by atoms with van der Waals surface area (Å²) in [4.78, 5) is 24.1. The van der Waals surface area contributed by atoms with Gasteiger partial charge in [0.15, 0.2) is 0 Å². The number of hydrogen-bond donors (Lipinski definition) is 0. The Bertz CT molecular complexity index is 983. The second-order valence-electron chi connectivity index (χ2n) is 5.61. The molecule has 0 atom stereocenters. The monoisotopic (exact) mass is 338 g/mol. The predicted molar refractivity (Wildman–Crippen MR) is 95.2 cm³/mol. The van der Waals surface area contributed by atoms with Crippen molar-refractivity contribution in [3.05, 3.63) is 58.4 Å². The van der Waals surface area contributed by atoms with Gasteiger partial charge >= 0.3 is 5.97 Å². The zero-order valence-electron chi connectivity index (χ0n) is 14.3. The number of carbonyl (C=O) groups excluding carboxylic acids is 1. The number of carbonyl (C=O) groups is 1. The lowest BCUT2D eigenvalue weighted by molar-refractivity contribution is -0.131. The molecule has 25 heavy (non-hydrogen) atoms. The van der Waals surface area contributed by atoms with Crippen molar-refractivity contribution in [3.8, 4) is 22.6 Å². The van der Waals surface area contributed by atoms with Crippen LogP contribution in [0.3, 0.4) is 0 Å². The van der Waals surface area contributed by atoms with Crippen LogP contribution in [0.5, 0.6) is 11.5 Å². The highest BCUT2D eigenvalue weighted by molar-refractivity contribution is 5.84. The van der Waals surface area contributed by atoms with Gasteiger partial charge < -0.3 is 13.9 Å². The fourth-order valence-electron chi connectivity index (χ4n) is 2.70. The van der Waals surface area contributed by atoms with E-state index in [1.807, 2.05) is 19.1 Å². The molecule has 0 fully saturated rings. The predicted octanol–water partition coefficient (Wildman–Crippen LogP) is 3.96. The van der Waals surface area contributed by atoms with Crippen LogP contribution in [0.2, 0.25) is 0 Å². The Morgan fingerprint density at radius 1 is 1.16 bits per heavy atom. The molecule has 3 aromatic rings. The van der Waals surface area contributed by atoms with Gasteiger partial charge in [-0.3, -0.25) is 9.59 Å². The third-order valence-electron chi connectivity index (χ3n) is 3.99. The highest BCUT2D eigenvalue weighted by Crippen LogP contribution is 2.28. The van der Waals surface area contributed by atoms with E-state index in [4.69, 9.17) is 13.9 Å². The number of hydrogen-bond acceptors (Lipinski definition) is 5. The van der Waals surface area contributed by atoms with Gasteiger partial charge in [0.2, 0.25) is 5.43 Å². The van der Waals surface area contributed by atoms with Gasteiger partial charge in [0.25, 0.3) is 0 Å². The van der Waals surface area contributed by atoms with Crippen LogP contribution >= 0.6 is 0 Å². The van der Waals surface area contributed by atoms with Gasteiger partial charge in [-0.25, -0.2) is 0 Å². The molecule has 0 aliphatic carbocycles. The summed E-state index contributed by atoms with van der Waals surface area (Å²) >= 11 is 0. The SMILES string of the molecule is CCc1cc2c(=O)c(-c3ccc(OC)cc3)coc2cc1OC(C)=O. The van der Waals surface area contributed by atoms with E-state index in [-0.39, 0.29) is 5.43 Å². The van der Waals surface area contributed by atoms with Crippen molar-refractivity contribution in [1.29, 1.82) is 0 Å². The van der Waals surface area contributed by atoms with Crippen LogP contribution in [-0.4, -0.2) is 13.1 Å². The van der Waals surface area contributed by atoms with Crippen LogP contribution in [0.4, 0.5) is 0 Å². The smallest absolute Gasteiger partial charge is 0.308 e. The van der Waals surface area contributed by atoms with E-state index in [0.717, 1.165) is 11.1 Å². The summed E-state index contributed by atoms with van der Waals surface area (Å²) in [6.45, 7) is 3.27. The number of ether oxygens (including phenoxy) is 2. The average molecular weight is 338 g/mol. The van der Waals surface area contributed by atoms with Crippen LogP contribution in [0, 0.1) is 0 Å². The average Bonchev–Trinajstić information content (AvgIpc) is 2.61. The first-order chi connectivity index (χ1) is 12.0. The van der Waals surface area contributed by atoms with E-state index in [1.54, 1.807) is 31.4 Å². The van der Waals surface area contributed by atoms with Crippen molar-refractivity contribution in [2.45, 2.75) is 20.3 Å². The maximum absolute atomic E-state index is 12.9. The van der Waals surface area contributed by atoms with Crippen molar-refractivity contribution < 1.29 is 18.7 Å². The Kier molecular flexibility index (Phi) is 4.57. The Morgan fingerprint density at radius 3 is 2.48 bits per heavy atom. The Labute approximate surface area is 144 Å². The van der Waals surface area contributed by atoms with Crippen LogP contribution in [0.1, 0.15) is 19.4 Å². The molecule has 0 saturated heterocycles. The van der Waals surface area contributed by atoms with Crippen molar-refractivity contribution in [3.63, 3.8) is 0 Å². The minimum absolute atomic E-state index is 0.129. The van der Waals surface area contributed by atoms with Gasteiger partial charge in [0.1, 0.15) is 23.3 Å². The quantitative estimate of drug-likeness (QED) is 0.532. The summed E-state index contributed by atoms with van der Waals surface area (Å²) in [5.41, 5.74) is 2.25. The van der Waals surface area contributed by atoms with Crippen molar-refractivity contribution >= 4 is 16.9 Å². The van der Waals surface area contributed by atoms with Crippen LogP contribution in [0.25, 0.3) is 22.1 Å². The molecule has 5 heteroatoms. The first-order valence-electron chi connectivity index (χ1n) is 7.94. The summed E-state index contributed by atoms with van der Waals surface area (Å²) in [7, 11) is 1.59. The molecule has 0 unspecified atom stereocenters. The standard InChI is InChI=1S/C20H18O5/c1-4-13-9-16-19(10-18(13)25-12(2)21)24-11-17(20(16)22)14-5-7-15(23-3)8-6-14/h5-11H,4H2,1-3H3. The number of methoxy groups -OCH3 is 1. The lowest BCUT2D eigenvalue weighted by atomic mass is 10.0. The molecule has 0 aliphatic rings. The summed E-state index contributed by atoms with van der Waals surface area (Å²) in [5.74, 6) is 0.724. The maximum Gasteiger partial charge on any atom is 0.308 e. The summed E-state index contributed by atoms with van der Waals surface area (Å²) < 4.78 is 16.0. The Morgan fingerprint density at radius 2 is 1.88 bits per heavy atom. The van der Waals surface area contributed by atoms with Gasteiger partial charge in [-0.1, -0.05) is 19.1 Å². The van der Waals surface area contributed by atoms with Gasteiger partial charge in [0, 0.05) is 13.0 Å². The summed E-state index contributed by atoms with van der Waals surface area (Å²) in [6, 6.07) is 10.5. The van der Waals surface area contributed by atoms with E-state index in [0.29, 0.717) is 34.5 Å². The molecular weight excluding hydrogens is 320 g/mol. The van der Waals surface area contributed by atoms with E-state index in [2.05, 4.69) is 0 Å². The fraction of sp³-hybridized carbons (Fsp3) is 0.200. The van der Waals surface area contributed by atoms with Gasteiger partial charge in [-0.2, -0.15) is 0 Å². The maximum atomic E-state index is 12.9. The molecule has 2 aromatic carbocycles. The van der Waals surface area contributed by atoms with Gasteiger partial charge in [0.05, 0.1) is 18.1 Å². The normalized spacial score (nSPS) is 10.7. The van der Waals surface area contributed by atoms with Crippen molar-refractivity contribution in [2.75, 3.05) is 7.11 Å².